The second kappa shape index (κ2) is 14.4. The minimum Gasteiger partial charge on any atom is -0.350 e. The first-order chi connectivity index (χ1) is 20.8. The van der Waals surface area contributed by atoms with Crippen molar-refractivity contribution in [2.24, 2.45) is 0 Å². The van der Waals surface area contributed by atoms with Gasteiger partial charge in [-0.25, -0.2) is 8.42 Å². The summed E-state index contributed by atoms with van der Waals surface area (Å²) < 4.78 is 29.9. The number of amides is 2. The Morgan fingerprint density at radius 3 is 2.02 bits per heavy atom. The number of rotatable bonds is 11. The molecule has 1 atom stereocenters. The number of carbonyl (C=O) groups is 2. The molecule has 0 bridgehead atoms. The predicted octanol–water partition coefficient (Wildman–Crippen LogP) is 6.85. The van der Waals surface area contributed by atoms with E-state index in [-0.39, 0.29) is 23.8 Å². The van der Waals surface area contributed by atoms with Crippen LogP contribution in [0, 0.1) is 0 Å². The van der Waals surface area contributed by atoms with Crippen LogP contribution in [0.4, 0.5) is 5.69 Å². The van der Waals surface area contributed by atoms with Crippen LogP contribution in [0.3, 0.4) is 0 Å². The minimum atomic E-state index is -4.16. The summed E-state index contributed by atoms with van der Waals surface area (Å²) in [6, 6.07) is 30.2. The zero-order chi connectivity index (χ0) is 31.9. The van der Waals surface area contributed by atoms with Crippen LogP contribution in [0.1, 0.15) is 31.9 Å². The largest absolute Gasteiger partial charge is 0.350 e. The van der Waals surface area contributed by atoms with Crippen molar-refractivity contribution in [2.75, 3.05) is 10.8 Å². The van der Waals surface area contributed by atoms with Crippen LogP contribution in [0.25, 0.3) is 0 Å². The lowest BCUT2D eigenvalue weighted by Crippen LogP contribution is -2.56. The van der Waals surface area contributed by atoms with E-state index in [1.807, 2.05) is 57.2 Å². The molecule has 0 heterocycles. The number of benzene rings is 4. The zero-order valence-electron chi connectivity index (χ0n) is 24.8. The summed E-state index contributed by atoms with van der Waals surface area (Å²) in [7, 11) is -4.16. The van der Waals surface area contributed by atoms with Crippen molar-refractivity contribution in [3.8, 4) is 0 Å². The maximum Gasteiger partial charge on any atom is 0.264 e. The summed E-state index contributed by atoms with van der Waals surface area (Å²) in [6.07, 6.45) is 0.221. The molecular formula is C34H35BrClN3O4S. The van der Waals surface area contributed by atoms with Gasteiger partial charge >= 0.3 is 0 Å². The first kappa shape index (κ1) is 33.2. The van der Waals surface area contributed by atoms with Gasteiger partial charge in [-0.1, -0.05) is 88.2 Å². The Morgan fingerprint density at radius 1 is 0.841 bits per heavy atom. The summed E-state index contributed by atoms with van der Waals surface area (Å²) in [5, 5.41) is 3.51. The van der Waals surface area contributed by atoms with E-state index in [1.54, 1.807) is 60.7 Å². The minimum absolute atomic E-state index is 0.0357. The molecule has 1 N–H and O–H groups in total. The molecule has 0 radical (unpaired) electrons. The van der Waals surface area contributed by atoms with Crippen molar-refractivity contribution in [2.45, 2.75) is 50.2 Å². The first-order valence-corrected chi connectivity index (χ1v) is 16.7. The topological polar surface area (TPSA) is 86.8 Å². The summed E-state index contributed by atoms with van der Waals surface area (Å²) >= 11 is 9.70. The molecule has 0 aliphatic heterocycles. The molecule has 0 fully saturated rings. The van der Waals surface area contributed by atoms with Gasteiger partial charge in [0.1, 0.15) is 12.6 Å². The molecule has 2 amide bonds. The van der Waals surface area contributed by atoms with Gasteiger partial charge in [0.25, 0.3) is 10.0 Å². The summed E-state index contributed by atoms with van der Waals surface area (Å²) in [5.74, 6) is -0.893. The Labute approximate surface area is 273 Å². The molecule has 4 rings (SSSR count). The van der Waals surface area contributed by atoms with Gasteiger partial charge in [0.2, 0.25) is 11.8 Å². The highest BCUT2D eigenvalue weighted by atomic mass is 79.9. The zero-order valence-corrected chi connectivity index (χ0v) is 27.9. The third-order valence-electron chi connectivity index (χ3n) is 6.74. The summed E-state index contributed by atoms with van der Waals surface area (Å²) in [6.45, 7) is 5.11. The molecule has 7 nitrogen and oxygen atoms in total. The average Bonchev–Trinajstić information content (AvgIpc) is 2.98. The molecule has 0 aromatic heterocycles. The number of anilines is 1. The second-order valence-electron chi connectivity index (χ2n) is 11.4. The maximum absolute atomic E-state index is 14.5. The molecule has 4 aromatic rings. The molecule has 0 saturated heterocycles. The monoisotopic (exact) mass is 695 g/mol. The predicted molar refractivity (Wildman–Crippen MR) is 179 cm³/mol. The second-order valence-corrected chi connectivity index (χ2v) is 14.6. The van der Waals surface area contributed by atoms with Crippen molar-refractivity contribution in [3.63, 3.8) is 0 Å². The van der Waals surface area contributed by atoms with Gasteiger partial charge in [-0.05, 0) is 80.4 Å². The van der Waals surface area contributed by atoms with Crippen LogP contribution in [0.15, 0.2) is 119 Å². The maximum atomic E-state index is 14.5. The average molecular weight is 697 g/mol. The molecule has 10 heteroatoms. The third-order valence-corrected chi connectivity index (χ3v) is 9.29. The molecule has 230 valence electrons. The van der Waals surface area contributed by atoms with Crippen LogP contribution in [-0.2, 0) is 32.6 Å². The highest BCUT2D eigenvalue weighted by Crippen LogP contribution is 2.27. The Bertz CT molecular complexity index is 1680. The Balaban J connectivity index is 1.81. The van der Waals surface area contributed by atoms with E-state index in [1.165, 1.54) is 17.0 Å². The molecule has 0 aliphatic rings. The first-order valence-electron chi connectivity index (χ1n) is 14.1. The van der Waals surface area contributed by atoms with Crippen molar-refractivity contribution in [1.82, 2.24) is 10.2 Å². The molecule has 0 saturated carbocycles. The van der Waals surface area contributed by atoms with Crippen LogP contribution >= 0.6 is 27.5 Å². The lowest BCUT2D eigenvalue weighted by molar-refractivity contribution is -0.140. The number of hydrogen-bond donors (Lipinski definition) is 1. The SMILES string of the molecule is CC(C)(C)NC(=O)[C@H](Cc1ccccc1)N(Cc1cccc(Cl)c1)C(=O)CN(c1ccc(Br)cc1)S(=O)(=O)c1ccccc1. The summed E-state index contributed by atoms with van der Waals surface area (Å²) in [5.41, 5.74) is 1.30. The van der Waals surface area contributed by atoms with Crippen molar-refractivity contribution < 1.29 is 18.0 Å². The molecule has 0 aliphatic carbocycles. The van der Waals surface area contributed by atoms with Gasteiger partial charge in [-0.2, -0.15) is 0 Å². The van der Waals surface area contributed by atoms with Crippen LogP contribution in [-0.4, -0.2) is 43.3 Å². The smallest absolute Gasteiger partial charge is 0.264 e. The lowest BCUT2D eigenvalue weighted by Gasteiger charge is -2.35. The van der Waals surface area contributed by atoms with Crippen molar-refractivity contribution >= 4 is 55.1 Å². The van der Waals surface area contributed by atoms with Crippen LogP contribution in [0.5, 0.6) is 0 Å². The van der Waals surface area contributed by atoms with E-state index in [0.29, 0.717) is 16.3 Å². The molecule has 44 heavy (non-hydrogen) atoms. The van der Waals surface area contributed by atoms with Gasteiger partial charge < -0.3 is 10.2 Å². The number of hydrogen-bond acceptors (Lipinski definition) is 4. The number of nitrogens with one attached hydrogen (secondary N) is 1. The normalized spacial score (nSPS) is 12.3. The Kier molecular flexibility index (Phi) is 10.9. The summed E-state index contributed by atoms with van der Waals surface area (Å²) in [4.78, 5) is 29.9. The molecule has 4 aromatic carbocycles. The molecular weight excluding hydrogens is 662 g/mol. The van der Waals surface area contributed by atoms with Gasteiger partial charge in [-0.3, -0.25) is 13.9 Å². The van der Waals surface area contributed by atoms with E-state index >= 15 is 0 Å². The Hall–Kier alpha value is -3.66. The lowest BCUT2D eigenvalue weighted by atomic mass is 10.0. The number of halogens is 2. The fourth-order valence-corrected chi connectivity index (χ4v) is 6.61. The van der Waals surface area contributed by atoms with E-state index in [9.17, 15) is 18.0 Å². The number of carbonyl (C=O) groups excluding carboxylic acids is 2. The van der Waals surface area contributed by atoms with Crippen molar-refractivity contribution in [3.05, 3.63) is 130 Å². The quantitative estimate of drug-likeness (QED) is 0.186. The third kappa shape index (κ3) is 8.94. The van der Waals surface area contributed by atoms with Gasteiger partial charge in [0.15, 0.2) is 0 Å². The Morgan fingerprint density at radius 2 is 1.43 bits per heavy atom. The van der Waals surface area contributed by atoms with Crippen molar-refractivity contribution in [1.29, 1.82) is 0 Å². The molecule has 0 unspecified atom stereocenters. The highest BCUT2D eigenvalue weighted by molar-refractivity contribution is 9.10. The van der Waals surface area contributed by atoms with Gasteiger partial charge in [-0.15, -0.1) is 0 Å². The highest BCUT2D eigenvalue weighted by Gasteiger charge is 2.35. The van der Waals surface area contributed by atoms with Crippen LogP contribution in [0.2, 0.25) is 5.02 Å². The van der Waals surface area contributed by atoms with E-state index < -0.39 is 34.1 Å². The molecule has 0 spiro atoms. The fourth-order valence-electron chi connectivity index (χ4n) is 4.69. The number of sulfonamides is 1. The fraction of sp³-hybridized carbons (Fsp3) is 0.235. The van der Waals surface area contributed by atoms with E-state index in [0.717, 1.165) is 14.3 Å². The van der Waals surface area contributed by atoms with Gasteiger partial charge in [0, 0.05) is 28.0 Å². The van der Waals surface area contributed by atoms with E-state index in [4.69, 9.17) is 11.6 Å². The van der Waals surface area contributed by atoms with Gasteiger partial charge in [0.05, 0.1) is 10.6 Å². The van der Waals surface area contributed by atoms with E-state index in [2.05, 4.69) is 21.2 Å². The van der Waals surface area contributed by atoms with Crippen LogP contribution < -0.4 is 9.62 Å². The number of nitrogens with zero attached hydrogens (tertiary/aromatic N) is 2. The standard InChI is InChI=1S/C34H35BrClN3O4S/c1-34(2,3)37-33(41)31(22-25-11-6-4-7-12-25)38(23-26-13-10-14-28(36)21-26)32(40)24-39(29-19-17-27(35)18-20-29)44(42,43)30-15-8-5-9-16-30/h4-21,31H,22-24H2,1-3H3,(H,37,41)/t31-/m0/s1.